The Morgan fingerprint density at radius 2 is 2.10 bits per heavy atom. The Labute approximate surface area is 119 Å². The van der Waals surface area contributed by atoms with Crippen LogP contribution in [-0.2, 0) is 0 Å². The zero-order chi connectivity index (χ0) is 14.3. The molecule has 1 aliphatic carbocycles. The summed E-state index contributed by atoms with van der Waals surface area (Å²) >= 11 is 0. The molecule has 0 spiro atoms. The fourth-order valence-electron chi connectivity index (χ4n) is 2.80. The minimum atomic E-state index is -0.252. The van der Waals surface area contributed by atoms with E-state index in [1.54, 1.807) is 6.07 Å². The third-order valence-electron chi connectivity index (χ3n) is 3.82. The summed E-state index contributed by atoms with van der Waals surface area (Å²) in [7, 11) is 0. The Balaban J connectivity index is 2.07. The lowest BCUT2D eigenvalue weighted by atomic mass is 9.80. The zero-order valence-electron chi connectivity index (χ0n) is 11.8. The molecule has 3 heteroatoms. The SMILES string of the molecule is CC1(C)C=CC2=C(C1)N(c1cccc(F)c1)C(N)C=C2. The van der Waals surface area contributed by atoms with Gasteiger partial charge in [0.05, 0.1) is 0 Å². The quantitative estimate of drug-likeness (QED) is 0.842. The van der Waals surface area contributed by atoms with E-state index < -0.39 is 0 Å². The molecule has 1 heterocycles. The first-order valence-electron chi connectivity index (χ1n) is 6.87. The van der Waals surface area contributed by atoms with Crippen molar-refractivity contribution in [1.29, 1.82) is 0 Å². The smallest absolute Gasteiger partial charge is 0.125 e. The highest BCUT2D eigenvalue weighted by Gasteiger charge is 2.30. The van der Waals surface area contributed by atoms with Crippen molar-refractivity contribution in [3.63, 3.8) is 0 Å². The monoisotopic (exact) mass is 270 g/mol. The Morgan fingerprint density at radius 3 is 2.85 bits per heavy atom. The van der Waals surface area contributed by atoms with E-state index in [1.807, 2.05) is 17.0 Å². The van der Waals surface area contributed by atoms with Crippen molar-refractivity contribution in [2.45, 2.75) is 26.4 Å². The van der Waals surface area contributed by atoms with Crippen LogP contribution in [-0.4, -0.2) is 6.17 Å². The van der Waals surface area contributed by atoms with Gasteiger partial charge in [-0.15, -0.1) is 0 Å². The van der Waals surface area contributed by atoms with Gasteiger partial charge in [0.1, 0.15) is 12.0 Å². The highest BCUT2D eigenvalue weighted by molar-refractivity contribution is 5.61. The molecule has 104 valence electrons. The number of hydrogen-bond acceptors (Lipinski definition) is 2. The highest BCUT2D eigenvalue weighted by Crippen LogP contribution is 2.39. The van der Waals surface area contributed by atoms with Crippen LogP contribution >= 0.6 is 0 Å². The normalized spacial score (nSPS) is 24.0. The van der Waals surface area contributed by atoms with Crippen LogP contribution < -0.4 is 10.6 Å². The molecule has 20 heavy (non-hydrogen) atoms. The van der Waals surface area contributed by atoms with Gasteiger partial charge in [0.25, 0.3) is 0 Å². The van der Waals surface area contributed by atoms with Crippen LogP contribution in [0.5, 0.6) is 0 Å². The molecule has 2 aliphatic rings. The highest BCUT2D eigenvalue weighted by atomic mass is 19.1. The molecule has 0 aromatic heterocycles. The molecule has 0 radical (unpaired) electrons. The van der Waals surface area contributed by atoms with Gasteiger partial charge < -0.3 is 10.6 Å². The lowest BCUT2D eigenvalue weighted by molar-refractivity contribution is 0.455. The van der Waals surface area contributed by atoms with Gasteiger partial charge in [-0.2, -0.15) is 0 Å². The van der Waals surface area contributed by atoms with Crippen LogP contribution in [0.1, 0.15) is 20.3 Å². The van der Waals surface area contributed by atoms with E-state index >= 15 is 0 Å². The lowest BCUT2D eigenvalue weighted by Crippen LogP contribution is -2.43. The summed E-state index contributed by atoms with van der Waals surface area (Å²) in [6, 6.07) is 6.61. The van der Waals surface area contributed by atoms with Crippen LogP contribution in [0.4, 0.5) is 10.1 Å². The second kappa shape index (κ2) is 4.60. The van der Waals surface area contributed by atoms with Gasteiger partial charge in [-0.25, -0.2) is 4.39 Å². The molecule has 1 atom stereocenters. The van der Waals surface area contributed by atoms with Gasteiger partial charge >= 0.3 is 0 Å². The average molecular weight is 270 g/mol. The second-order valence-corrected chi connectivity index (χ2v) is 6.10. The minimum Gasteiger partial charge on any atom is -0.325 e. The standard InChI is InChI=1S/C17H19FN2/c1-17(2)9-8-12-6-7-16(19)20(15(12)11-17)14-5-3-4-13(18)10-14/h3-10,16H,11,19H2,1-2H3. The third kappa shape index (κ3) is 2.29. The predicted molar refractivity (Wildman–Crippen MR) is 80.6 cm³/mol. The summed E-state index contributed by atoms with van der Waals surface area (Å²) in [5.74, 6) is -0.239. The van der Waals surface area contributed by atoms with E-state index in [0.717, 1.165) is 23.4 Å². The van der Waals surface area contributed by atoms with E-state index in [4.69, 9.17) is 5.73 Å². The maximum atomic E-state index is 13.5. The number of anilines is 1. The molecule has 0 saturated heterocycles. The maximum Gasteiger partial charge on any atom is 0.125 e. The Kier molecular flexibility index (Phi) is 3.02. The molecule has 2 nitrogen and oxygen atoms in total. The molecular weight excluding hydrogens is 251 g/mol. The Bertz CT molecular complexity index is 626. The molecule has 0 saturated carbocycles. The second-order valence-electron chi connectivity index (χ2n) is 6.10. The number of halogens is 1. The number of rotatable bonds is 1. The molecule has 3 rings (SSSR count). The molecule has 0 fully saturated rings. The van der Waals surface area contributed by atoms with Gasteiger partial charge in [-0.05, 0) is 41.7 Å². The average Bonchev–Trinajstić information content (AvgIpc) is 2.37. The molecular formula is C17H19FN2. The molecule has 1 aliphatic heterocycles. The molecule has 0 bridgehead atoms. The summed E-state index contributed by atoms with van der Waals surface area (Å²) in [6.07, 6.45) is 9.00. The molecule has 2 N–H and O–H groups in total. The number of nitrogens with zero attached hydrogens (tertiary/aromatic N) is 1. The van der Waals surface area contributed by atoms with Crippen molar-refractivity contribution >= 4 is 5.69 Å². The van der Waals surface area contributed by atoms with Crippen LogP contribution in [0.2, 0.25) is 0 Å². The van der Waals surface area contributed by atoms with Gasteiger partial charge in [0, 0.05) is 11.4 Å². The summed E-state index contributed by atoms with van der Waals surface area (Å²) in [4.78, 5) is 2.03. The van der Waals surface area contributed by atoms with E-state index in [1.165, 1.54) is 12.1 Å². The van der Waals surface area contributed by atoms with Crippen LogP contribution in [0.3, 0.4) is 0 Å². The fraction of sp³-hybridized carbons (Fsp3) is 0.294. The Morgan fingerprint density at radius 1 is 1.30 bits per heavy atom. The van der Waals surface area contributed by atoms with Crippen molar-refractivity contribution in [3.8, 4) is 0 Å². The first-order chi connectivity index (χ1) is 9.46. The van der Waals surface area contributed by atoms with Crippen molar-refractivity contribution in [2.24, 2.45) is 11.1 Å². The van der Waals surface area contributed by atoms with Crippen LogP contribution in [0, 0.1) is 11.2 Å². The summed E-state index contributed by atoms with van der Waals surface area (Å²) in [6.45, 7) is 4.39. The summed E-state index contributed by atoms with van der Waals surface area (Å²) in [5, 5.41) is 0. The van der Waals surface area contributed by atoms with Crippen molar-refractivity contribution in [3.05, 3.63) is 65.7 Å². The third-order valence-corrected chi connectivity index (χ3v) is 3.82. The lowest BCUT2D eigenvalue weighted by Gasteiger charge is -2.40. The molecule has 1 aromatic carbocycles. The van der Waals surface area contributed by atoms with Gasteiger partial charge in [-0.3, -0.25) is 0 Å². The largest absolute Gasteiger partial charge is 0.325 e. The van der Waals surface area contributed by atoms with Crippen LogP contribution in [0.15, 0.2) is 59.8 Å². The zero-order valence-corrected chi connectivity index (χ0v) is 11.8. The maximum absolute atomic E-state index is 13.5. The van der Waals surface area contributed by atoms with Crippen LogP contribution in [0.25, 0.3) is 0 Å². The summed E-state index contributed by atoms with van der Waals surface area (Å²) in [5.41, 5.74) is 9.44. The summed E-state index contributed by atoms with van der Waals surface area (Å²) < 4.78 is 13.5. The number of nitrogens with two attached hydrogens (primary N) is 1. The number of benzene rings is 1. The fourth-order valence-corrected chi connectivity index (χ4v) is 2.80. The predicted octanol–water partition coefficient (Wildman–Crippen LogP) is 3.73. The van der Waals surface area contributed by atoms with E-state index in [-0.39, 0.29) is 17.4 Å². The van der Waals surface area contributed by atoms with Gasteiger partial charge in [-0.1, -0.05) is 38.1 Å². The van der Waals surface area contributed by atoms with E-state index in [9.17, 15) is 4.39 Å². The van der Waals surface area contributed by atoms with E-state index in [2.05, 4.69) is 32.1 Å². The van der Waals surface area contributed by atoms with Crippen molar-refractivity contribution < 1.29 is 4.39 Å². The van der Waals surface area contributed by atoms with Crippen molar-refractivity contribution in [1.82, 2.24) is 0 Å². The van der Waals surface area contributed by atoms with Crippen molar-refractivity contribution in [2.75, 3.05) is 4.90 Å². The molecule has 1 aromatic rings. The van der Waals surface area contributed by atoms with Gasteiger partial charge in [0.2, 0.25) is 0 Å². The first-order valence-corrected chi connectivity index (χ1v) is 6.87. The topological polar surface area (TPSA) is 29.3 Å². The molecule has 1 unspecified atom stereocenters. The number of hydrogen-bond donors (Lipinski definition) is 1. The Hall–Kier alpha value is -1.87. The number of allylic oxidation sites excluding steroid dienone is 5. The minimum absolute atomic E-state index is 0.0926. The van der Waals surface area contributed by atoms with Gasteiger partial charge in [0.15, 0.2) is 0 Å². The first kappa shape index (κ1) is 13.1. The van der Waals surface area contributed by atoms with E-state index in [0.29, 0.717) is 0 Å². The molecule has 0 amide bonds.